The number of sulfonamides is 1. The second kappa shape index (κ2) is 8.17. The van der Waals surface area contributed by atoms with E-state index in [1.807, 2.05) is 37.4 Å². The smallest absolute Gasteiger partial charge is 0.404 e. The van der Waals surface area contributed by atoms with Crippen LogP contribution in [0.3, 0.4) is 0 Å². The molecule has 1 unspecified atom stereocenters. The Bertz CT molecular complexity index is 1080. The van der Waals surface area contributed by atoms with E-state index >= 15 is 0 Å². The van der Waals surface area contributed by atoms with Gasteiger partial charge in [0, 0.05) is 17.1 Å². The van der Waals surface area contributed by atoms with Gasteiger partial charge in [-0.2, -0.15) is 5.10 Å². The van der Waals surface area contributed by atoms with Gasteiger partial charge in [-0.05, 0) is 43.5 Å². The summed E-state index contributed by atoms with van der Waals surface area (Å²) in [6, 6.07) is 9.71. The van der Waals surface area contributed by atoms with Crippen LogP contribution in [0, 0.1) is 13.8 Å². The molecule has 0 aliphatic rings. The molecular weight excluding hydrogens is 427 g/mol. The lowest BCUT2D eigenvalue weighted by atomic mass is 10.2. The summed E-state index contributed by atoms with van der Waals surface area (Å²) < 4.78 is 71.4. The molecule has 6 nitrogen and oxygen atoms in total. The Morgan fingerprint density at radius 1 is 1.21 bits per heavy atom. The number of halogens is 3. The van der Waals surface area contributed by atoms with Crippen molar-refractivity contribution >= 4 is 21.4 Å². The molecule has 0 aliphatic carbocycles. The normalized spacial score (nSPS) is 13.4. The van der Waals surface area contributed by atoms with Crippen molar-refractivity contribution in [2.75, 3.05) is 6.54 Å². The highest BCUT2D eigenvalue weighted by Crippen LogP contribution is 2.30. The Balaban J connectivity index is 1.89. The minimum atomic E-state index is -5.01. The van der Waals surface area contributed by atoms with Crippen molar-refractivity contribution in [1.29, 1.82) is 0 Å². The maximum atomic E-state index is 12.7. The third kappa shape index (κ3) is 5.17. The predicted molar refractivity (Wildman–Crippen MR) is 102 cm³/mol. The molecule has 0 saturated carbocycles. The van der Waals surface area contributed by atoms with Crippen LogP contribution in [0.5, 0.6) is 5.75 Å². The van der Waals surface area contributed by atoms with Crippen molar-refractivity contribution in [2.24, 2.45) is 0 Å². The second-order valence-corrected chi connectivity index (χ2v) is 8.96. The number of nitrogens with one attached hydrogen (secondary N) is 1. The number of rotatable bonds is 7. The molecular formula is C18H18F3N3O3S2. The Morgan fingerprint density at radius 2 is 1.93 bits per heavy atom. The van der Waals surface area contributed by atoms with Crippen molar-refractivity contribution in [3.63, 3.8) is 0 Å². The third-order valence-electron chi connectivity index (χ3n) is 4.04. The summed E-state index contributed by atoms with van der Waals surface area (Å²) in [5.41, 5.74) is 1.61. The van der Waals surface area contributed by atoms with Gasteiger partial charge in [0.2, 0.25) is 10.0 Å². The maximum absolute atomic E-state index is 12.7. The second-order valence-electron chi connectivity index (χ2n) is 6.25. The van der Waals surface area contributed by atoms with Crippen LogP contribution in [0.1, 0.15) is 22.3 Å². The zero-order valence-corrected chi connectivity index (χ0v) is 17.1. The summed E-state index contributed by atoms with van der Waals surface area (Å²) in [5.74, 6) is -0.786. The van der Waals surface area contributed by atoms with Crippen LogP contribution in [0.15, 0.2) is 52.7 Å². The van der Waals surface area contributed by atoms with Gasteiger partial charge in [-0.25, -0.2) is 13.1 Å². The third-order valence-corrected chi connectivity index (χ3v) is 6.48. The van der Waals surface area contributed by atoms with Crippen LogP contribution >= 0.6 is 11.3 Å². The minimum absolute atomic E-state index is 0.0921. The van der Waals surface area contributed by atoms with Gasteiger partial charge in [-0.1, -0.05) is 18.2 Å². The molecule has 2 aromatic heterocycles. The molecule has 0 fully saturated rings. The molecule has 0 spiro atoms. The maximum Gasteiger partial charge on any atom is 0.573 e. The molecule has 2 heterocycles. The van der Waals surface area contributed by atoms with Crippen LogP contribution in [0.25, 0.3) is 0 Å². The number of para-hydroxylation sites is 1. The minimum Gasteiger partial charge on any atom is -0.404 e. The molecule has 1 atom stereocenters. The van der Waals surface area contributed by atoms with Gasteiger partial charge in [0.05, 0.1) is 11.7 Å². The molecule has 0 radical (unpaired) electrons. The molecule has 0 bridgehead atoms. The SMILES string of the molecule is Cc1cc(C)n(C(CNS(=O)(=O)c2ccccc2OC(F)(F)F)c2cccs2)n1. The van der Waals surface area contributed by atoms with E-state index in [0.717, 1.165) is 28.4 Å². The molecule has 156 valence electrons. The van der Waals surface area contributed by atoms with Crippen molar-refractivity contribution in [3.8, 4) is 5.75 Å². The highest BCUT2D eigenvalue weighted by atomic mass is 32.2. The number of hydrogen-bond acceptors (Lipinski definition) is 5. The summed E-state index contributed by atoms with van der Waals surface area (Å²) in [5, 5.41) is 6.28. The number of alkyl halides is 3. The van der Waals surface area contributed by atoms with Crippen LogP contribution in [-0.2, 0) is 10.0 Å². The number of thiophene rings is 1. The first-order valence-corrected chi connectivity index (χ1v) is 10.8. The van der Waals surface area contributed by atoms with E-state index in [1.54, 1.807) is 4.68 Å². The topological polar surface area (TPSA) is 73.2 Å². The van der Waals surface area contributed by atoms with Crippen LogP contribution in [0.4, 0.5) is 13.2 Å². The monoisotopic (exact) mass is 445 g/mol. The van der Waals surface area contributed by atoms with Gasteiger partial charge in [-0.3, -0.25) is 4.68 Å². The first-order chi connectivity index (χ1) is 13.6. The van der Waals surface area contributed by atoms with Crippen molar-refractivity contribution in [3.05, 3.63) is 64.1 Å². The first-order valence-electron chi connectivity index (χ1n) is 8.47. The zero-order valence-electron chi connectivity index (χ0n) is 15.5. The van der Waals surface area contributed by atoms with E-state index in [9.17, 15) is 21.6 Å². The van der Waals surface area contributed by atoms with E-state index in [1.165, 1.54) is 23.5 Å². The highest BCUT2D eigenvalue weighted by Gasteiger charge is 2.34. The van der Waals surface area contributed by atoms with Crippen LogP contribution in [-0.4, -0.2) is 31.1 Å². The molecule has 1 aromatic carbocycles. The van der Waals surface area contributed by atoms with E-state index in [4.69, 9.17) is 0 Å². The fraction of sp³-hybridized carbons (Fsp3) is 0.278. The summed E-state index contributed by atoms with van der Waals surface area (Å²) in [6.45, 7) is 3.58. The molecule has 0 saturated heterocycles. The quantitative estimate of drug-likeness (QED) is 0.596. The van der Waals surface area contributed by atoms with E-state index in [0.29, 0.717) is 0 Å². The lowest BCUT2D eigenvalue weighted by Gasteiger charge is -2.20. The van der Waals surface area contributed by atoms with Gasteiger partial charge < -0.3 is 4.74 Å². The fourth-order valence-electron chi connectivity index (χ4n) is 2.90. The number of aryl methyl sites for hydroxylation is 2. The standard InChI is InChI=1S/C18H18F3N3O3S2/c1-12-10-13(2)24(23-12)14(16-7-5-9-28-16)11-22-29(25,26)17-8-4-3-6-15(17)27-18(19,20)21/h3-10,14,22H,11H2,1-2H3. The largest absolute Gasteiger partial charge is 0.573 e. The lowest BCUT2D eigenvalue weighted by molar-refractivity contribution is -0.275. The number of ether oxygens (including phenoxy) is 1. The number of benzene rings is 1. The number of aromatic nitrogens is 2. The zero-order chi connectivity index (χ0) is 21.2. The van der Waals surface area contributed by atoms with E-state index in [2.05, 4.69) is 14.6 Å². The van der Waals surface area contributed by atoms with Gasteiger partial charge in [-0.15, -0.1) is 24.5 Å². The van der Waals surface area contributed by atoms with E-state index < -0.39 is 33.1 Å². The Morgan fingerprint density at radius 3 is 2.52 bits per heavy atom. The molecule has 0 amide bonds. The lowest BCUT2D eigenvalue weighted by Crippen LogP contribution is -2.32. The van der Waals surface area contributed by atoms with Crippen molar-refractivity contribution in [1.82, 2.24) is 14.5 Å². The van der Waals surface area contributed by atoms with Gasteiger partial charge in [0.1, 0.15) is 10.6 Å². The number of nitrogens with zero attached hydrogens (tertiary/aromatic N) is 2. The highest BCUT2D eigenvalue weighted by molar-refractivity contribution is 7.89. The predicted octanol–water partition coefficient (Wildman–Crippen LogP) is 4.03. The first kappa shape index (κ1) is 21.3. The number of hydrogen-bond donors (Lipinski definition) is 1. The summed E-state index contributed by atoms with van der Waals surface area (Å²) in [6.07, 6.45) is -5.01. The average Bonchev–Trinajstić information content (AvgIpc) is 3.24. The Labute approximate surface area is 170 Å². The Kier molecular flexibility index (Phi) is 6.01. The van der Waals surface area contributed by atoms with Crippen molar-refractivity contribution < 1.29 is 26.3 Å². The average molecular weight is 445 g/mol. The van der Waals surface area contributed by atoms with Gasteiger partial charge in [0.25, 0.3) is 0 Å². The summed E-state index contributed by atoms with van der Waals surface area (Å²) in [7, 11) is -4.27. The van der Waals surface area contributed by atoms with Crippen molar-refractivity contribution in [2.45, 2.75) is 31.1 Å². The molecule has 11 heteroatoms. The van der Waals surface area contributed by atoms with Gasteiger partial charge in [0.15, 0.2) is 0 Å². The molecule has 0 aliphatic heterocycles. The summed E-state index contributed by atoms with van der Waals surface area (Å²) in [4.78, 5) is 0.273. The molecule has 29 heavy (non-hydrogen) atoms. The van der Waals surface area contributed by atoms with Crippen LogP contribution in [0.2, 0.25) is 0 Å². The molecule has 1 N–H and O–H groups in total. The summed E-state index contributed by atoms with van der Waals surface area (Å²) >= 11 is 1.43. The fourth-order valence-corrected chi connectivity index (χ4v) is 4.87. The molecule has 3 aromatic rings. The van der Waals surface area contributed by atoms with E-state index in [-0.39, 0.29) is 6.54 Å². The van der Waals surface area contributed by atoms with Gasteiger partial charge >= 0.3 is 6.36 Å². The Hall–Kier alpha value is -2.37. The van der Waals surface area contributed by atoms with Crippen LogP contribution < -0.4 is 9.46 Å². The molecule has 3 rings (SSSR count).